The average Bonchev–Trinajstić information content (AvgIpc) is 3.03. The van der Waals surface area contributed by atoms with Crippen molar-refractivity contribution in [1.82, 2.24) is 15.2 Å². The van der Waals surface area contributed by atoms with Crippen LogP contribution in [0.4, 0.5) is 10.1 Å². The third-order valence-electron chi connectivity index (χ3n) is 5.52. The number of morpholine rings is 1. The maximum Gasteiger partial charge on any atom is 0.251 e. The first-order valence-electron chi connectivity index (χ1n) is 9.77. The summed E-state index contributed by atoms with van der Waals surface area (Å²) >= 11 is 0. The summed E-state index contributed by atoms with van der Waals surface area (Å²) in [6.45, 7) is 3.69. The second kappa shape index (κ2) is 7.93. The molecule has 0 bridgehead atoms. The SMILES string of the molecule is C[C@@H]1CN(c2ccc(C#N)c3ncccc23)C[C@H](C(=O)N[C@@H]2CN(C)C[C@@H]2F)O1. The predicted molar refractivity (Wildman–Crippen MR) is 107 cm³/mol. The number of nitrogens with zero attached hydrogens (tertiary/aromatic N) is 4. The third kappa shape index (κ3) is 3.88. The average molecular weight is 397 g/mol. The van der Waals surface area contributed by atoms with E-state index in [0.717, 1.165) is 11.1 Å². The number of nitrogens with one attached hydrogen (secondary N) is 1. The summed E-state index contributed by atoms with van der Waals surface area (Å²) in [6.07, 6.45) is -0.278. The molecule has 0 unspecified atom stereocenters. The van der Waals surface area contributed by atoms with E-state index in [0.29, 0.717) is 37.3 Å². The first kappa shape index (κ1) is 19.6. The molecule has 152 valence electrons. The van der Waals surface area contributed by atoms with Crippen LogP contribution in [0.3, 0.4) is 0 Å². The molecule has 1 N–H and O–H groups in total. The molecular formula is C21H24FN5O2. The first-order valence-corrected chi connectivity index (χ1v) is 9.77. The van der Waals surface area contributed by atoms with E-state index in [1.165, 1.54) is 0 Å². The molecular weight excluding hydrogens is 373 g/mol. The van der Waals surface area contributed by atoms with Gasteiger partial charge >= 0.3 is 0 Å². The number of benzene rings is 1. The Balaban J connectivity index is 1.56. The molecule has 3 heterocycles. The number of halogens is 1. The second-order valence-corrected chi connectivity index (χ2v) is 7.84. The third-order valence-corrected chi connectivity index (χ3v) is 5.52. The molecule has 0 saturated carbocycles. The molecule has 8 heteroatoms. The highest BCUT2D eigenvalue weighted by Gasteiger charge is 2.36. The number of alkyl halides is 1. The summed E-state index contributed by atoms with van der Waals surface area (Å²) in [5.41, 5.74) is 2.06. The van der Waals surface area contributed by atoms with E-state index < -0.39 is 18.3 Å². The second-order valence-electron chi connectivity index (χ2n) is 7.84. The van der Waals surface area contributed by atoms with Gasteiger partial charge in [-0.25, -0.2) is 4.39 Å². The summed E-state index contributed by atoms with van der Waals surface area (Å²) in [5.74, 6) is -0.291. The van der Waals surface area contributed by atoms with Crippen LogP contribution in [-0.2, 0) is 9.53 Å². The van der Waals surface area contributed by atoms with Gasteiger partial charge in [0.1, 0.15) is 12.2 Å². The molecule has 0 aliphatic carbocycles. The number of carbonyl (C=O) groups is 1. The standard InChI is InChI=1S/C21H24FN5O2/c1-13-9-27(18-6-5-14(8-23)20-15(18)4-3-7-24-20)12-19(29-13)21(28)25-17-11-26(2)10-16(17)22/h3-7,13,16-17,19H,9-12H2,1-2H3,(H,25,28)/t13-,16+,17-,19-/m1/s1. The van der Waals surface area contributed by atoms with Gasteiger partial charge in [0.15, 0.2) is 6.10 Å². The van der Waals surface area contributed by atoms with Gasteiger partial charge < -0.3 is 19.9 Å². The topological polar surface area (TPSA) is 81.5 Å². The zero-order valence-corrected chi connectivity index (χ0v) is 16.5. The van der Waals surface area contributed by atoms with Crippen LogP contribution in [0.15, 0.2) is 30.5 Å². The van der Waals surface area contributed by atoms with Gasteiger partial charge in [0, 0.05) is 36.9 Å². The van der Waals surface area contributed by atoms with Crippen LogP contribution in [0.25, 0.3) is 10.9 Å². The van der Waals surface area contributed by atoms with Crippen LogP contribution in [0.5, 0.6) is 0 Å². The smallest absolute Gasteiger partial charge is 0.251 e. The number of rotatable bonds is 3. The van der Waals surface area contributed by atoms with Crippen LogP contribution >= 0.6 is 0 Å². The Morgan fingerprint density at radius 3 is 2.86 bits per heavy atom. The molecule has 1 aromatic carbocycles. The highest BCUT2D eigenvalue weighted by molar-refractivity contribution is 5.95. The molecule has 1 aromatic heterocycles. The number of aromatic nitrogens is 1. The molecule has 2 aliphatic rings. The molecule has 2 saturated heterocycles. The Labute approximate surface area is 169 Å². The van der Waals surface area contributed by atoms with E-state index in [9.17, 15) is 14.4 Å². The molecule has 2 fully saturated rings. The summed E-state index contributed by atoms with van der Waals surface area (Å²) in [7, 11) is 1.84. The summed E-state index contributed by atoms with van der Waals surface area (Å²) in [6, 6.07) is 9.06. The molecule has 1 amide bonds. The number of ether oxygens (including phenoxy) is 1. The Kier molecular flexibility index (Phi) is 5.35. The van der Waals surface area contributed by atoms with Gasteiger partial charge in [-0.15, -0.1) is 0 Å². The van der Waals surface area contributed by atoms with Crippen LogP contribution in [0.2, 0.25) is 0 Å². The van der Waals surface area contributed by atoms with Gasteiger partial charge in [-0.05, 0) is 38.2 Å². The number of pyridine rings is 1. The van der Waals surface area contributed by atoms with Crippen LogP contribution in [0, 0.1) is 11.3 Å². The van der Waals surface area contributed by atoms with E-state index in [1.807, 2.05) is 37.1 Å². The van der Waals surface area contributed by atoms with E-state index >= 15 is 0 Å². The molecule has 29 heavy (non-hydrogen) atoms. The molecule has 7 nitrogen and oxygen atoms in total. The number of likely N-dealkylation sites (tertiary alicyclic amines) is 1. The minimum Gasteiger partial charge on any atom is -0.365 e. The molecule has 0 spiro atoms. The highest BCUT2D eigenvalue weighted by Crippen LogP contribution is 2.30. The lowest BCUT2D eigenvalue weighted by Gasteiger charge is -2.38. The summed E-state index contributed by atoms with van der Waals surface area (Å²) < 4.78 is 20.0. The van der Waals surface area contributed by atoms with E-state index in [-0.39, 0.29) is 12.0 Å². The van der Waals surface area contributed by atoms with Crippen LogP contribution < -0.4 is 10.2 Å². The Morgan fingerprint density at radius 1 is 1.31 bits per heavy atom. The number of nitriles is 1. The van der Waals surface area contributed by atoms with Crippen molar-refractivity contribution >= 4 is 22.5 Å². The lowest BCUT2D eigenvalue weighted by molar-refractivity contribution is -0.138. The number of hydrogen-bond donors (Lipinski definition) is 1. The minimum atomic E-state index is -1.07. The van der Waals surface area contributed by atoms with E-state index in [1.54, 1.807) is 12.3 Å². The van der Waals surface area contributed by atoms with E-state index in [2.05, 4.69) is 21.3 Å². The molecule has 0 radical (unpaired) electrons. The number of carbonyl (C=O) groups excluding carboxylic acids is 1. The maximum absolute atomic E-state index is 14.1. The normalized spacial score (nSPS) is 27.7. The van der Waals surface area contributed by atoms with Gasteiger partial charge in [-0.3, -0.25) is 9.78 Å². The van der Waals surface area contributed by atoms with Crippen molar-refractivity contribution in [3.8, 4) is 6.07 Å². The molecule has 4 rings (SSSR count). The fourth-order valence-corrected chi connectivity index (χ4v) is 4.18. The van der Waals surface area contributed by atoms with Gasteiger partial charge in [0.05, 0.1) is 29.8 Å². The van der Waals surface area contributed by atoms with Gasteiger partial charge in [-0.2, -0.15) is 5.26 Å². The first-order chi connectivity index (χ1) is 14.0. The Bertz CT molecular complexity index is 962. The lowest BCUT2D eigenvalue weighted by atomic mass is 10.1. The number of anilines is 1. The number of hydrogen-bond acceptors (Lipinski definition) is 6. The van der Waals surface area contributed by atoms with Crippen molar-refractivity contribution in [2.45, 2.75) is 31.3 Å². The van der Waals surface area contributed by atoms with Gasteiger partial charge in [-0.1, -0.05) is 0 Å². The van der Waals surface area contributed by atoms with Crippen LogP contribution in [-0.4, -0.2) is 73.4 Å². The van der Waals surface area contributed by atoms with Crippen molar-refractivity contribution < 1.29 is 13.9 Å². The van der Waals surface area contributed by atoms with Gasteiger partial charge in [0.25, 0.3) is 5.91 Å². The van der Waals surface area contributed by atoms with Crippen molar-refractivity contribution in [2.75, 3.05) is 38.1 Å². The number of likely N-dealkylation sites (N-methyl/N-ethyl adjacent to an activating group) is 1. The zero-order valence-electron chi connectivity index (χ0n) is 16.5. The van der Waals surface area contributed by atoms with Crippen LogP contribution in [0.1, 0.15) is 12.5 Å². The number of amides is 1. The monoisotopic (exact) mass is 397 g/mol. The predicted octanol–water partition coefficient (Wildman–Crippen LogP) is 1.47. The Morgan fingerprint density at radius 2 is 2.14 bits per heavy atom. The molecule has 4 atom stereocenters. The lowest BCUT2D eigenvalue weighted by Crippen LogP contribution is -2.55. The quantitative estimate of drug-likeness (QED) is 0.845. The molecule has 2 aliphatic heterocycles. The van der Waals surface area contributed by atoms with Crippen molar-refractivity contribution in [3.05, 3.63) is 36.0 Å². The minimum absolute atomic E-state index is 0.172. The largest absolute Gasteiger partial charge is 0.365 e. The Hall–Kier alpha value is -2.76. The van der Waals surface area contributed by atoms with Gasteiger partial charge in [0.2, 0.25) is 0 Å². The fraction of sp³-hybridized carbons (Fsp3) is 0.476. The number of fused-ring (bicyclic) bond motifs is 1. The fourth-order valence-electron chi connectivity index (χ4n) is 4.18. The van der Waals surface area contributed by atoms with Crippen molar-refractivity contribution in [3.63, 3.8) is 0 Å². The molecule has 2 aromatic rings. The summed E-state index contributed by atoms with van der Waals surface area (Å²) in [5, 5.41) is 13.0. The van der Waals surface area contributed by atoms with Crippen molar-refractivity contribution in [1.29, 1.82) is 5.26 Å². The maximum atomic E-state index is 14.1. The van der Waals surface area contributed by atoms with E-state index in [4.69, 9.17) is 4.74 Å². The van der Waals surface area contributed by atoms with Crippen molar-refractivity contribution in [2.24, 2.45) is 0 Å². The summed E-state index contributed by atoms with van der Waals surface area (Å²) in [4.78, 5) is 21.1. The zero-order chi connectivity index (χ0) is 20.5. The highest BCUT2D eigenvalue weighted by atomic mass is 19.1.